The van der Waals surface area contributed by atoms with Crippen molar-refractivity contribution in [2.24, 2.45) is 5.92 Å². The Morgan fingerprint density at radius 3 is 2.54 bits per heavy atom. The van der Waals surface area contributed by atoms with Crippen LogP contribution in [0.2, 0.25) is 0 Å². The topological polar surface area (TPSA) is 32.3 Å². The molecule has 1 amide bonds. The van der Waals surface area contributed by atoms with E-state index in [1.807, 2.05) is 11.8 Å². The second-order valence-corrected chi connectivity index (χ2v) is 3.83. The van der Waals surface area contributed by atoms with E-state index < -0.39 is 0 Å². The van der Waals surface area contributed by atoms with Gasteiger partial charge in [-0.15, -0.1) is 0 Å². The summed E-state index contributed by atoms with van der Waals surface area (Å²) in [5.74, 6) is 0.919. The summed E-state index contributed by atoms with van der Waals surface area (Å²) in [6.07, 6.45) is 2.32. The lowest BCUT2D eigenvalue weighted by Gasteiger charge is -2.21. The van der Waals surface area contributed by atoms with E-state index in [0.29, 0.717) is 5.92 Å². The molecule has 1 fully saturated rings. The van der Waals surface area contributed by atoms with Crippen molar-refractivity contribution in [3.63, 3.8) is 0 Å². The molecule has 76 valence electrons. The summed E-state index contributed by atoms with van der Waals surface area (Å²) in [7, 11) is 0. The normalized spacial score (nSPS) is 23.2. The maximum absolute atomic E-state index is 11.5. The second kappa shape index (κ2) is 4.61. The first-order valence-corrected chi connectivity index (χ1v) is 5.21. The molecule has 1 aliphatic rings. The quantitative estimate of drug-likeness (QED) is 0.712. The van der Waals surface area contributed by atoms with Gasteiger partial charge in [-0.25, -0.2) is 0 Å². The Morgan fingerprint density at radius 1 is 1.54 bits per heavy atom. The Bertz CT molecular complexity index is 178. The van der Waals surface area contributed by atoms with Gasteiger partial charge < -0.3 is 4.90 Å². The van der Waals surface area contributed by atoms with E-state index in [4.69, 9.17) is 0 Å². The van der Waals surface area contributed by atoms with E-state index >= 15 is 0 Å². The van der Waals surface area contributed by atoms with Crippen LogP contribution >= 0.6 is 0 Å². The molecule has 1 N–H and O–H groups in total. The molecule has 0 saturated carbocycles. The van der Waals surface area contributed by atoms with Crippen molar-refractivity contribution in [3.8, 4) is 0 Å². The van der Waals surface area contributed by atoms with Crippen molar-refractivity contribution in [1.82, 2.24) is 10.2 Å². The highest BCUT2D eigenvalue weighted by molar-refractivity contribution is 5.83. The van der Waals surface area contributed by atoms with E-state index in [0.717, 1.165) is 26.1 Å². The fourth-order valence-corrected chi connectivity index (χ4v) is 1.70. The van der Waals surface area contributed by atoms with Crippen LogP contribution in [0.5, 0.6) is 0 Å². The van der Waals surface area contributed by atoms with E-state index in [2.05, 4.69) is 19.2 Å². The van der Waals surface area contributed by atoms with Crippen LogP contribution in [0.15, 0.2) is 0 Å². The standard InChI is InChI=1S/C10H20N2O/c1-4-9(5-2)6-12-7-11-8(3)10(12)13/h8-9,11H,4-7H2,1-3H3. The van der Waals surface area contributed by atoms with Crippen molar-refractivity contribution in [2.75, 3.05) is 13.2 Å². The Balaban J connectivity index is 2.41. The molecule has 1 aliphatic heterocycles. The van der Waals surface area contributed by atoms with E-state index in [9.17, 15) is 4.79 Å². The van der Waals surface area contributed by atoms with Crippen LogP contribution in [0.4, 0.5) is 0 Å². The predicted octanol–water partition coefficient (Wildman–Crippen LogP) is 1.20. The minimum absolute atomic E-state index is 0.0226. The highest BCUT2D eigenvalue weighted by atomic mass is 16.2. The van der Waals surface area contributed by atoms with Crippen molar-refractivity contribution >= 4 is 5.91 Å². The molecule has 0 aromatic rings. The third-order valence-corrected chi connectivity index (χ3v) is 2.90. The van der Waals surface area contributed by atoms with Crippen molar-refractivity contribution in [1.29, 1.82) is 0 Å². The lowest BCUT2D eigenvalue weighted by Crippen LogP contribution is -2.32. The Morgan fingerprint density at radius 2 is 2.15 bits per heavy atom. The van der Waals surface area contributed by atoms with Crippen LogP contribution in [0.25, 0.3) is 0 Å². The molecule has 0 aromatic heterocycles. The summed E-state index contributed by atoms with van der Waals surface area (Å²) in [5.41, 5.74) is 0. The highest BCUT2D eigenvalue weighted by Gasteiger charge is 2.27. The molecular weight excluding hydrogens is 164 g/mol. The Kier molecular flexibility index (Phi) is 3.72. The van der Waals surface area contributed by atoms with Gasteiger partial charge in [0.2, 0.25) is 5.91 Å². The molecule has 1 heterocycles. The van der Waals surface area contributed by atoms with Gasteiger partial charge in [0, 0.05) is 6.54 Å². The molecule has 3 nitrogen and oxygen atoms in total. The van der Waals surface area contributed by atoms with E-state index in [-0.39, 0.29) is 11.9 Å². The minimum Gasteiger partial charge on any atom is -0.328 e. The van der Waals surface area contributed by atoms with E-state index in [1.54, 1.807) is 0 Å². The average molecular weight is 184 g/mol. The van der Waals surface area contributed by atoms with Crippen molar-refractivity contribution in [2.45, 2.75) is 39.7 Å². The van der Waals surface area contributed by atoms with Gasteiger partial charge in [-0.1, -0.05) is 26.7 Å². The van der Waals surface area contributed by atoms with Gasteiger partial charge in [0.15, 0.2) is 0 Å². The third kappa shape index (κ3) is 2.44. The summed E-state index contributed by atoms with van der Waals surface area (Å²) in [5, 5.41) is 3.15. The SMILES string of the molecule is CCC(CC)CN1CNC(C)C1=O. The number of carbonyl (C=O) groups excluding carboxylic acids is 1. The summed E-state index contributed by atoms with van der Waals surface area (Å²) in [6.45, 7) is 7.95. The molecule has 1 atom stereocenters. The summed E-state index contributed by atoms with van der Waals surface area (Å²) >= 11 is 0. The predicted molar refractivity (Wildman–Crippen MR) is 53.2 cm³/mol. The summed E-state index contributed by atoms with van der Waals surface area (Å²) < 4.78 is 0. The molecule has 0 radical (unpaired) electrons. The van der Waals surface area contributed by atoms with Crippen LogP contribution in [0.1, 0.15) is 33.6 Å². The number of hydrogen-bond donors (Lipinski definition) is 1. The van der Waals surface area contributed by atoms with Gasteiger partial charge >= 0.3 is 0 Å². The average Bonchev–Trinajstić information content (AvgIpc) is 2.45. The maximum Gasteiger partial charge on any atom is 0.240 e. The maximum atomic E-state index is 11.5. The number of rotatable bonds is 4. The fraction of sp³-hybridized carbons (Fsp3) is 0.900. The zero-order valence-corrected chi connectivity index (χ0v) is 8.84. The molecule has 0 aromatic carbocycles. The second-order valence-electron chi connectivity index (χ2n) is 3.83. The largest absolute Gasteiger partial charge is 0.328 e. The minimum atomic E-state index is 0.0226. The third-order valence-electron chi connectivity index (χ3n) is 2.90. The smallest absolute Gasteiger partial charge is 0.240 e. The van der Waals surface area contributed by atoms with Gasteiger partial charge in [-0.05, 0) is 12.8 Å². The zero-order chi connectivity index (χ0) is 9.84. The van der Waals surface area contributed by atoms with Crippen LogP contribution < -0.4 is 5.32 Å². The van der Waals surface area contributed by atoms with Crippen LogP contribution in [-0.4, -0.2) is 30.1 Å². The number of nitrogens with one attached hydrogen (secondary N) is 1. The summed E-state index contributed by atoms with van der Waals surface area (Å²) in [6, 6.07) is 0.0226. The number of amides is 1. The molecular formula is C10H20N2O. The molecule has 0 spiro atoms. The van der Waals surface area contributed by atoms with Crippen LogP contribution in [0, 0.1) is 5.92 Å². The Hall–Kier alpha value is -0.570. The molecule has 0 aliphatic carbocycles. The first kappa shape index (κ1) is 10.5. The molecule has 0 bridgehead atoms. The Labute approximate surface area is 80.5 Å². The molecule has 1 unspecified atom stereocenters. The van der Waals surface area contributed by atoms with Gasteiger partial charge in [-0.2, -0.15) is 0 Å². The molecule has 1 rings (SSSR count). The first-order valence-electron chi connectivity index (χ1n) is 5.21. The number of hydrogen-bond acceptors (Lipinski definition) is 2. The van der Waals surface area contributed by atoms with Gasteiger partial charge in [0.25, 0.3) is 0 Å². The van der Waals surface area contributed by atoms with Gasteiger partial charge in [-0.3, -0.25) is 10.1 Å². The first-order chi connectivity index (χ1) is 6.19. The van der Waals surface area contributed by atoms with Gasteiger partial charge in [0.1, 0.15) is 0 Å². The number of carbonyl (C=O) groups is 1. The molecule has 3 heteroatoms. The summed E-state index contributed by atoms with van der Waals surface area (Å²) in [4.78, 5) is 13.5. The molecule has 1 saturated heterocycles. The van der Waals surface area contributed by atoms with E-state index in [1.165, 1.54) is 0 Å². The lowest BCUT2D eigenvalue weighted by atomic mass is 10.0. The monoisotopic (exact) mass is 184 g/mol. The zero-order valence-electron chi connectivity index (χ0n) is 8.84. The lowest BCUT2D eigenvalue weighted by molar-refractivity contribution is -0.129. The number of nitrogens with zero attached hydrogens (tertiary/aromatic N) is 1. The highest BCUT2D eigenvalue weighted by Crippen LogP contribution is 2.12. The van der Waals surface area contributed by atoms with Crippen LogP contribution in [0.3, 0.4) is 0 Å². The van der Waals surface area contributed by atoms with Crippen molar-refractivity contribution < 1.29 is 4.79 Å². The molecule has 13 heavy (non-hydrogen) atoms. The van der Waals surface area contributed by atoms with Crippen molar-refractivity contribution in [3.05, 3.63) is 0 Å². The fourth-order valence-electron chi connectivity index (χ4n) is 1.70. The van der Waals surface area contributed by atoms with Gasteiger partial charge in [0.05, 0.1) is 12.7 Å². The van der Waals surface area contributed by atoms with Crippen LogP contribution in [-0.2, 0) is 4.79 Å².